The van der Waals surface area contributed by atoms with Crippen molar-refractivity contribution in [3.8, 4) is 74.0 Å². The molecule has 0 radical (unpaired) electrons. The van der Waals surface area contributed by atoms with Crippen molar-refractivity contribution in [3.63, 3.8) is 0 Å². The summed E-state index contributed by atoms with van der Waals surface area (Å²) in [7, 11) is 0. The van der Waals surface area contributed by atoms with Crippen molar-refractivity contribution in [1.29, 1.82) is 0 Å². The predicted molar refractivity (Wildman–Crippen MR) is 238 cm³/mol. The summed E-state index contributed by atoms with van der Waals surface area (Å²) < 4.78 is 2.31. The number of aromatic nitrogens is 7. The van der Waals surface area contributed by atoms with E-state index in [4.69, 9.17) is 29.9 Å². The molecule has 0 unspecified atom stereocenters. The van der Waals surface area contributed by atoms with Crippen molar-refractivity contribution in [2.45, 2.75) is 0 Å². The summed E-state index contributed by atoms with van der Waals surface area (Å²) in [5.41, 5.74) is 8.28. The molecule has 7 nitrogen and oxygen atoms in total. The van der Waals surface area contributed by atoms with Gasteiger partial charge in [-0.05, 0) is 47.2 Å². The SMILES string of the molecule is c1ccc(-c2nc(-c3ccccc3)nc(-c3ccc(-n4c5ccccc5c5ccccc54)c(-c4nc(-c5ccccc5)nc(-c5ccc6ccccc6c5)n4)c3)n2)cc1. The fourth-order valence-corrected chi connectivity index (χ4v) is 7.84. The Labute approximate surface area is 340 Å². The van der Waals surface area contributed by atoms with Crippen LogP contribution in [0.25, 0.3) is 107 Å². The molecular weight excluding hydrogens is 723 g/mol. The first-order valence-electron chi connectivity index (χ1n) is 19.5. The van der Waals surface area contributed by atoms with Gasteiger partial charge in [0.05, 0.1) is 16.7 Å². The van der Waals surface area contributed by atoms with Gasteiger partial charge < -0.3 is 4.57 Å². The van der Waals surface area contributed by atoms with Crippen LogP contribution >= 0.6 is 0 Å². The summed E-state index contributed by atoms with van der Waals surface area (Å²) in [5, 5.41) is 4.58. The molecule has 0 aliphatic heterocycles. The van der Waals surface area contributed by atoms with Crippen LogP contribution in [0.1, 0.15) is 0 Å². The third kappa shape index (κ3) is 6.27. The van der Waals surface area contributed by atoms with Crippen LogP contribution in [-0.4, -0.2) is 34.5 Å². The molecule has 0 amide bonds. The van der Waals surface area contributed by atoms with Gasteiger partial charge in [0.25, 0.3) is 0 Å². The Bertz CT molecular complexity index is 3210. The van der Waals surface area contributed by atoms with E-state index in [2.05, 4.69) is 114 Å². The first kappa shape index (κ1) is 34.1. The predicted octanol–water partition coefficient (Wildman–Crippen LogP) is 12.3. The summed E-state index contributed by atoms with van der Waals surface area (Å²) in [6.45, 7) is 0. The largest absolute Gasteiger partial charge is 0.309 e. The third-order valence-electron chi connectivity index (χ3n) is 10.7. The van der Waals surface area contributed by atoms with E-state index in [9.17, 15) is 0 Å². The van der Waals surface area contributed by atoms with Gasteiger partial charge in [-0.25, -0.2) is 29.9 Å². The van der Waals surface area contributed by atoms with Crippen molar-refractivity contribution in [2.24, 2.45) is 0 Å². The first-order chi connectivity index (χ1) is 29.2. The van der Waals surface area contributed by atoms with E-state index in [0.717, 1.165) is 71.6 Å². The smallest absolute Gasteiger partial charge is 0.166 e. The summed E-state index contributed by atoms with van der Waals surface area (Å²) in [5.74, 6) is 3.41. The van der Waals surface area contributed by atoms with Crippen LogP contribution in [-0.2, 0) is 0 Å². The summed E-state index contributed by atoms with van der Waals surface area (Å²) >= 11 is 0. The highest BCUT2D eigenvalue weighted by atomic mass is 15.1. The van der Waals surface area contributed by atoms with Crippen LogP contribution in [0.4, 0.5) is 0 Å². The molecule has 0 aliphatic rings. The monoisotopic (exact) mass is 755 g/mol. The Morgan fingerprint density at radius 1 is 0.271 bits per heavy atom. The Kier molecular flexibility index (Phi) is 8.33. The second-order valence-electron chi connectivity index (χ2n) is 14.4. The van der Waals surface area contributed by atoms with E-state index in [0.29, 0.717) is 34.9 Å². The van der Waals surface area contributed by atoms with Gasteiger partial charge in [-0.3, -0.25) is 0 Å². The van der Waals surface area contributed by atoms with E-state index < -0.39 is 0 Å². The maximum absolute atomic E-state index is 5.31. The van der Waals surface area contributed by atoms with Gasteiger partial charge in [0.1, 0.15) is 0 Å². The van der Waals surface area contributed by atoms with Crippen molar-refractivity contribution in [3.05, 3.63) is 200 Å². The van der Waals surface area contributed by atoms with Crippen LogP contribution in [0.2, 0.25) is 0 Å². The molecule has 0 saturated carbocycles. The van der Waals surface area contributed by atoms with Crippen LogP contribution in [0.3, 0.4) is 0 Å². The minimum absolute atomic E-state index is 0.529. The molecule has 0 fully saturated rings. The number of nitrogens with zero attached hydrogens (tertiary/aromatic N) is 7. The molecule has 3 heterocycles. The maximum atomic E-state index is 5.31. The first-order valence-corrected chi connectivity index (χ1v) is 19.5. The molecule has 0 bridgehead atoms. The van der Waals surface area contributed by atoms with Gasteiger partial charge in [0.15, 0.2) is 34.9 Å². The molecule has 0 aliphatic carbocycles. The molecule has 0 saturated heterocycles. The zero-order chi connectivity index (χ0) is 39.1. The average Bonchev–Trinajstić information content (AvgIpc) is 3.66. The van der Waals surface area contributed by atoms with Crippen molar-refractivity contribution >= 4 is 32.6 Å². The number of hydrogen-bond donors (Lipinski definition) is 0. The van der Waals surface area contributed by atoms with Gasteiger partial charge in [-0.2, -0.15) is 0 Å². The minimum Gasteiger partial charge on any atom is -0.309 e. The molecule has 0 N–H and O–H groups in total. The standard InChI is InChI=1S/C52H33N7/c1-4-17-35(18-5-1)47-53-48(36-19-6-2-7-20-36)55-51(54-47)40-30-31-46(59-44-26-14-12-24-41(44)42-25-13-15-27-45(42)59)43(33-40)52-57-49(37-21-8-3-9-22-37)56-50(58-52)39-29-28-34-16-10-11-23-38(34)32-39/h1-33H. The topological polar surface area (TPSA) is 82.3 Å². The quantitative estimate of drug-likeness (QED) is 0.161. The fraction of sp³-hybridized carbons (Fsp3) is 0. The van der Waals surface area contributed by atoms with Gasteiger partial charge >= 0.3 is 0 Å². The summed E-state index contributed by atoms with van der Waals surface area (Å²) in [6.07, 6.45) is 0. The molecule has 11 aromatic rings. The number of benzene rings is 8. The van der Waals surface area contributed by atoms with Crippen molar-refractivity contribution in [1.82, 2.24) is 34.5 Å². The van der Waals surface area contributed by atoms with E-state index in [1.54, 1.807) is 0 Å². The van der Waals surface area contributed by atoms with Gasteiger partial charge in [-0.15, -0.1) is 0 Å². The van der Waals surface area contributed by atoms with Gasteiger partial charge in [0, 0.05) is 44.2 Å². The molecular formula is C52H33N7. The highest BCUT2D eigenvalue weighted by molar-refractivity contribution is 6.09. The number of hydrogen-bond acceptors (Lipinski definition) is 6. The van der Waals surface area contributed by atoms with Crippen LogP contribution in [0, 0.1) is 0 Å². The molecule has 0 spiro atoms. The van der Waals surface area contributed by atoms with E-state index in [-0.39, 0.29) is 0 Å². The van der Waals surface area contributed by atoms with Gasteiger partial charge in [0.2, 0.25) is 0 Å². The summed E-state index contributed by atoms with van der Waals surface area (Å²) in [4.78, 5) is 30.9. The highest BCUT2D eigenvalue weighted by Gasteiger charge is 2.22. The number of fused-ring (bicyclic) bond motifs is 4. The zero-order valence-electron chi connectivity index (χ0n) is 31.7. The van der Waals surface area contributed by atoms with E-state index in [1.807, 2.05) is 91.0 Å². The second kappa shape index (κ2) is 14.4. The van der Waals surface area contributed by atoms with Crippen molar-refractivity contribution in [2.75, 3.05) is 0 Å². The van der Waals surface area contributed by atoms with Gasteiger partial charge in [-0.1, -0.05) is 164 Å². The Hall–Kier alpha value is -8.16. The molecule has 59 heavy (non-hydrogen) atoms. The number of para-hydroxylation sites is 2. The molecule has 7 heteroatoms. The summed E-state index contributed by atoms with van der Waals surface area (Å²) in [6, 6.07) is 68.2. The normalized spacial score (nSPS) is 11.4. The molecule has 8 aromatic carbocycles. The molecule has 276 valence electrons. The lowest BCUT2D eigenvalue weighted by molar-refractivity contribution is 1.06. The van der Waals surface area contributed by atoms with Crippen LogP contribution < -0.4 is 0 Å². The third-order valence-corrected chi connectivity index (χ3v) is 10.7. The maximum Gasteiger partial charge on any atom is 0.166 e. The second-order valence-corrected chi connectivity index (χ2v) is 14.4. The molecule has 3 aromatic heterocycles. The highest BCUT2D eigenvalue weighted by Crippen LogP contribution is 2.38. The lowest BCUT2D eigenvalue weighted by Gasteiger charge is -2.16. The zero-order valence-corrected chi connectivity index (χ0v) is 31.7. The Morgan fingerprint density at radius 2 is 0.661 bits per heavy atom. The van der Waals surface area contributed by atoms with E-state index in [1.165, 1.54) is 0 Å². The lowest BCUT2D eigenvalue weighted by atomic mass is 10.0. The minimum atomic E-state index is 0.529. The number of rotatable bonds is 7. The fourth-order valence-electron chi connectivity index (χ4n) is 7.84. The Morgan fingerprint density at radius 3 is 1.19 bits per heavy atom. The average molecular weight is 756 g/mol. The van der Waals surface area contributed by atoms with Crippen molar-refractivity contribution < 1.29 is 0 Å². The van der Waals surface area contributed by atoms with E-state index >= 15 is 0 Å². The molecule has 0 atom stereocenters. The van der Waals surface area contributed by atoms with Crippen LogP contribution in [0.5, 0.6) is 0 Å². The lowest BCUT2D eigenvalue weighted by Crippen LogP contribution is -2.05. The van der Waals surface area contributed by atoms with Crippen LogP contribution in [0.15, 0.2) is 200 Å². The Balaban J connectivity index is 1.20. The molecule has 11 rings (SSSR count).